The molecule has 0 N–H and O–H groups in total. The number of anilines is 1. The zero-order chi connectivity index (χ0) is 11.7. The highest BCUT2D eigenvalue weighted by Crippen LogP contribution is 2.30. The second kappa shape index (κ2) is 5.07. The van der Waals surface area contributed by atoms with E-state index in [4.69, 9.17) is 11.6 Å². The van der Waals surface area contributed by atoms with Gasteiger partial charge in [-0.15, -0.1) is 11.6 Å². The van der Waals surface area contributed by atoms with Gasteiger partial charge in [-0.3, -0.25) is 4.79 Å². The normalized spacial score (nSPS) is 20.6. The summed E-state index contributed by atoms with van der Waals surface area (Å²) in [5.74, 6) is 0.958. The summed E-state index contributed by atoms with van der Waals surface area (Å²) in [6.07, 6.45) is 0.549. The maximum absolute atomic E-state index is 11.8. The van der Waals surface area contributed by atoms with E-state index in [1.165, 1.54) is 0 Å². The van der Waals surface area contributed by atoms with Crippen molar-refractivity contribution in [1.29, 1.82) is 0 Å². The van der Waals surface area contributed by atoms with Crippen LogP contribution in [0.25, 0.3) is 0 Å². The molecule has 1 aliphatic heterocycles. The van der Waals surface area contributed by atoms with E-state index < -0.39 is 0 Å². The maximum Gasteiger partial charge on any atom is 0.227 e. The molecular formula is C11H10Br2ClNO. The Bertz CT molecular complexity index is 404. The van der Waals surface area contributed by atoms with Crippen molar-refractivity contribution in [3.8, 4) is 0 Å². The number of alkyl halides is 1. The molecule has 0 spiro atoms. The number of carbonyl (C=O) groups is 1. The molecule has 0 bridgehead atoms. The first-order valence-corrected chi connectivity index (χ1v) is 7.04. The molecule has 5 heteroatoms. The molecular weight excluding hydrogens is 357 g/mol. The minimum absolute atomic E-state index is 0.149. The van der Waals surface area contributed by atoms with Gasteiger partial charge >= 0.3 is 0 Å². The van der Waals surface area contributed by atoms with Crippen molar-refractivity contribution >= 4 is 55.1 Å². The van der Waals surface area contributed by atoms with Crippen molar-refractivity contribution in [1.82, 2.24) is 0 Å². The fourth-order valence-electron chi connectivity index (χ4n) is 1.83. The monoisotopic (exact) mass is 365 g/mol. The van der Waals surface area contributed by atoms with Crippen LogP contribution in [0.5, 0.6) is 0 Å². The highest BCUT2D eigenvalue weighted by molar-refractivity contribution is 9.11. The van der Waals surface area contributed by atoms with Crippen molar-refractivity contribution in [3.05, 3.63) is 27.1 Å². The van der Waals surface area contributed by atoms with E-state index in [9.17, 15) is 4.79 Å². The fraction of sp³-hybridized carbons (Fsp3) is 0.364. The van der Waals surface area contributed by atoms with Gasteiger partial charge in [0, 0.05) is 33.5 Å². The molecule has 1 aromatic carbocycles. The van der Waals surface area contributed by atoms with Crippen molar-refractivity contribution in [2.75, 3.05) is 17.3 Å². The van der Waals surface area contributed by atoms with Crippen LogP contribution < -0.4 is 4.90 Å². The van der Waals surface area contributed by atoms with Crippen LogP contribution in [-0.2, 0) is 4.79 Å². The van der Waals surface area contributed by atoms with Crippen LogP contribution >= 0.6 is 43.5 Å². The van der Waals surface area contributed by atoms with Crippen LogP contribution in [-0.4, -0.2) is 18.3 Å². The summed E-state index contributed by atoms with van der Waals surface area (Å²) >= 11 is 12.6. The first-order valence-electron chi connectivity index (χ1n) is 4.92. The lowest BCUT2D eigenvalue weighted by Gasteiger charge is -2.17. The molecule has 0 aromatic heterocycles. The first-order chi connectivity index (χ1) is 7.60. The Morgan fingerprint density at radius 1 is 1.31 bits per heavy atom. The van der Waals surface area contributed by atoms with Crippen LogP contribution in [0.15, 0.2) is 27.1 Å². The molecule has 1 atom stereocenters. The molecule has 0 saturated carbocycles. The summed E-state index contributed by atoms with van der Waals surface area (Å²) < 4.78 is 1.91. The number of benzene rings is 1. The van der Waals surface area contributed by atoms with Gasteiger partial charge in [0.1, 0.15) is 0 Å². The van der Waals surface area contributed by atoms with Gasteiger partial charge in [-0.25, -0.2) is 0 Å². The number of carbonyl (C=O) groups excluding carboxylic acids is 1. The van der Waals surface area contributed by atoms with Crippen LogP contribution in [0.4, 0.5) is 5.69 Å². The number of rotatable bonds is 2. The lowest BCUT2D eigenvalue weighted by atomic mass is 10.1. The van der Waals surface area contributed by atoms with Gasteiger partial charge in [0.15, 0.2) is 0 Å². The molecule has 1 fully saturated rings. The van der Waals surface area contributed by atoms with E-state index in [0.717, 1.165) is 14.6 Å². The Morgan fingerprint density at radius 2 is 1.94 bits per heavy atom. The summed E-state index contributed by atoms with van der Waals surface area (Å²) in [4.78, 5) is 13.6. The number of hydrogen-bond acceptors (Lipinski definition) is 1. The van der Waals surface area contributed by atoms with Crippen LogP contribution in [0.3, 0.4) is 0 Å². The largest absolute Gasteiger partial charge is 0.312 e. The summed E-state index contributed by atoms with van der Waals surface area (Å²) in [6, 6.07) is 5.83. The van der Waals surface area contributed by atoms with Gasteiger partial charge in [-0.2, -0.15) is 0 Å². The molecule has 1 saturated heterocycles. The predicted molar refractivity (Wildman–Crippen MR) is 73.0 cm³/mol. The quantitative estimate of drug-likeness (QED) is 0.728. The average molecular weight is 367 g/mol. The lowest BCUT2D eigenvalue weighted by Crippen LogP contribution is -2.24. The highest BCUT2D eigenvalue weighted by atomic mass is 79.9. The molecule has 0 radical (unpaired) electrons. The first kappa shape index (κ1) is 12.4. The van der Waals surface area contributed by atoms with E-state index in [-0.39, 0.29) is 11.8 Å². The van der Waals surface area contributed by atoms with Crippen molar-refractivity contribution in [2.24, 2.45) is 5.92 Å². The summed E-state index contributed by atoms with van der Waals surface area (Å²) in [5.41, 5.74) is 0.916. The standard InChI is InChI=1S/C11H10Br2ClNO/c12-8-2-9(13)4-10(3-8)15-6-7(5-14)1-11(15)16/h2-4,7H,1,5-6H2. The van der Waals surface area contributed by atoms with Crippen LogP contribution in [0.2, 0.25) is 0 Å². The minimum Gasteiger partial charge on any atom is -0.312 e. The van der Waals surface area contributed by atoms with Crippen LogP contribution in [0.1, 0.15) is 6.42 Å². The third-order valence-electron chi connectivity index (χ3n) is 2.58. The van der Waals surface area contributed by atoms with Crippen LogP contribution in [0, 0.1) is 5.92 Å². The molecule has 1 amide bonds. The van der Waals surface area contributed by atoms with Gasteiger partial charge in [-0.05, 0) is 24.1 Å². The molecule has 1 unspecified atom stereocenters. The molecule has 1 aromatic rings. The van der Waals surface area contributed by atoms with E-state index in [1.54, 1.807) is 4.90 Å². The number of nitrogens with zero attached hydrogens (tertiary/aromatic N) is 1. The molecule has 16 heavy (non-hydrogen) atoms. The molecule has 1 aliphatic rings. The molecule has 86 valence electrons. The molecule has 0 aliphatic carbocycles. The van der Waals surface area contributed by atoms with E-state index >= 15 is 0 Å². The topological polar surface area (TPSA) is 20.3 Å². The van der Waals surface area contributed by atoms with E-state index in [1.807, 2.05) is 18.2 Å². The summed E-state index contributed by atoms with van der Waals surface area (Å²) in [5, 5.41) is 0. The van der Waals surface area contributed by atoms with Gasteiger partial charge in [0.2, 0.25) is 5.91 Å². The summed E-state index contributed by atoms with van der Waals surface area (Å²) in [7, 11) is 0. The van der Waals surface area contributed by atoms with Crippen molar-refractivity contribution < 1.29 is 4.79 Å². The smallest absolute Gasteiger partial charge is 0.227 e. The Balaban J connectivity index is 2.27. The Kier molecular flexibility index (Phi) is 3.93. The average Bonchev–Trinajstić information content (AvgIpc) is 2.58. The number of hydrogen-bond donors (Lipinski definition) is 0. The fourth-order valence-corrected chi connectivity index (χ4v) is 3.31. The highest BCUT2D eigenvalue weighted by Gasteiger charge is 2.30. The van der Waals surface area contributed by atoms with Crippen molar-refractivity contribution in [2.45, 2.75) is 6.42 Å². The third kappa shape index (κ3) is 2.60. The van der Waals surface area contributed by atoms with Crippen molar-refractivity contribution in [3.63, 3.8) is 0 Å². The second-order valence-corrected chi connectivity index (χ2v) is 6.00. The van der Waals surface area contributed by atoms with Gasteiger partial charge in [0.05, 0.1) is 0 Å². The predicted octanol–water partition coefficient (Wildman–Crippen LogP) is 3.80. The second-order valence-electron chi connectivity index (χ2n) is 3.86. The Labute approximate surface area is 116 Å². The minimum atomic E-state index is 0.149. The zero-order valence-electron chi connectivity index (χ0n) is 8.42. The summed E-state index contributed by atoms with van der Waals surface area (Å²) in [6.45, 7) is 0.714. The molecule has 2 rings (SSSR count). The van der Waals surface area contributed by atoms with E-state index in [0.29, 0.717) is 18.8 Å². The molecule has 2 nitrogen and oxygen atoms in total. The van der Waals surface area contributed by atoms with E-state index in [2.05, 4.69) is 31.9 Å². The van der Waals surface area contributed by atoms with Gasteiger partial charge < -0.3 is 4.90 Å². The Hall–Kier alpha value is -0.0600. The third-order valence-corrected chi connectivity index (χ3v) is 3.93. The maximum atomic E-state index is 11.8. The van der Waals surface area contributed by atoms with Gasteiger partial charge in [-0.1, -0.05) is 31.9 Å². The number of amides is 1. The SMILES string of the molecule is O=C1CC(CCl)CN1c1cc(Br)cc(Br)c1. The lowest BCUT2D eigenvalue weighted by molar-refractivity contribution is -0.117. The number of halogens is 3. The Morgan fingerprint density at radius 3 is 2.44 bits per heavy atom. The molecule has 1 heterocycles. The zero-order valence-corrected chi connectivity index (χ0v) is 12.3. The van der Waals surface area contributed by atoms with Gasteiger partial charge in [0.25, 0.3) is 0 Å².